The smallest absolute Gasteiger partial charge is 0.262 e. The molecule has 2 aromatic heterocycles. The molecule has 39 heavy (non-hydrogen) atoms. The molecule has 2 heterocycles. The van der Waals surface area contributed by atoms with Crippen molar-refractivity contribution >= 4 is 28.3 Å². The van der Waals surface area contributed by atoms with E-state index in [-0.39, 0.29) is 17.6 Å². The first-order chi connectivity index (χ1) is 18.9. The second-order valence-electron chi connectivity index (χ2n) is 10.1. The molecule has 4 aromatic rings. The molecule has 0 aliphatic heterocycles. The van der Waals surface area contributed by atoms with Crippen LogP contribution in [0.2, 0.25) is 0 Å². The van der Waals surface area contributed by atoms with Crippen molar-refractivity contribution in [3.8, 4) is 0 Å². The summed E-state index contributed by atoms with van der Waals surface area (Å²) < 4.78 is 9.23. The van der Waals surface area contributed by atoms with Gasteiger partial charge in [-0.2, -0.15) is 0 Å². The summed E-state index contributed by atoms with van der Waals surface area (Å²) >= 11 is 0. The number of anilines is 1. The largest absolute Gasteiger partial charge is 0.379 e. The van der Waals surface area contributed by atoms with E-state index in [1.165, 1.54) is 11.3 Å². The highest BCUT2D eigenvalue weighted by Gasteiger charge is 2.17. The SMILES string of the molecule is CCN(CCCNC(=O)CCc1nnc2n(CCCOC(C)C)c(=O)c3ccccc3n12)c1cccc(C)c1. The summed E-state index contributed by atoms with van der Waals surface area (Å²) in [4.78, 5) is 28.2. The van der Waals surface area contributed by atoms with Gasteiger partial charge in [0.1, 0.15) is 5.82 Å². The Morgan fingerprint density at radius 2 is 1.92 bits per heavy atom. The standard InChI is InChI=1S/C30H40N6O3/c1-5-34(24-12-8-11-23(4)21-24)18-9-17-31-28(37)16-15-27-32-33-30-35(19-10-20-39-22(2)3)29(38)25-13-6-7-14-26(25)36(27)30/h6-8,11-14,21-22H,5,9-10,15-20H2,1-4H3,(H,31,37). The average Bonchev–Trinajstić information content (AvgIpc) is 3.35. The van der Waals surface area contributed by atoms with Crippen LogP contribution < -0.4 is 15.8 Å². The Kier molecular flexibility index (Phi) is 9.70. The molecule has 0 spiro atoms. The number of nitrogens with one attached hydrogen (secondary N) is 1. The molecule has 4 rings (SSSR count). The Morgan fingerprint density at radius 3 is 2.69 bits per heavy atom. The zero-order chi connectivity index (χ0) is 27.8. The van der Waals surface area contributed by atoms with Gasteiger partial charge in [-0.3, -0.25) is 18.6 Å². The molecule has 0 bridgehead atoms. The van der Waals surface area contributed by atoms with Crippen molar-refractivity contribution < 1.29 is 9.53 Å². The average molecular weight is 533 g/mol. The fourth-order valence-corrected chi connectivity index (χ4v) is 4.83. The van der Waals surface area contributed by atoms with Gasteiger partial charge in [0.15, 0.2) is 0 Å². The van der Waals surface area contributed by atoms with E-state index in [1.54, 1.807) is 4.57 Å². The lowest BCUT2D eigenvalue weighted by Crippen LogP contribution is -2.30. The summed E-state index contributed by atoms with van der Waals surface area (Å²) in [6, 6.07) is 16.0. The third kappa shape index (κ3) is 7.03. The Morgan fingerprint density at radius 1 is 1.10 bits per heavy atom. The molecule has 2 aromatic carbocycles. The Labute approximate surface area is 229 Å². The number of hydrogen-bond acceptors (Lipinski definition) is 6. The topological polar surface area (TPSA) is 93.8 Å². The number of carbonyl (C=O) groups is 1. The molecule has 0 saturated carbocycles. The summed E-state index contributed by atoms with van der Waals surface area (Å²) in [5, 5.41) is 12.4. The van der Waals surface area contributed by atoms with E-state index in [0.29, 0.717) is 55.9 Å². The minimum Gasteiger partial charge on any atom is -0.379 e. The van der Waals surface area contributed by atoms with Crippen molar-refractivity contribution in [3.63, 3.8) is 0 Å². The van der Waals surface area contributed by atoms with Crippen LogP contribution in [0.5, 0.6) is 0 Å². The van der Waals surface area contributed by atoms with Crippen LogP contribution >= 0.6 is 0 Å². The van der Waals surface area contributed by atoms with Gasteiger partial charge in [0.2, 0.25) is 11.7 Å². The molecule has 0 aliphatic carbocycles. The molecule has 9 heteroatoms. The number of rotatable bonds is 14. The van der Waals surface area contributed by atoms with Gasteiger partial charge < -0.3 is 15.0 Å². The van der Waals surface area contributed by atoms with Crippen molar-refractivity contribution in [2.75, 3.05) is 31.1 Å². The zero-order valence-electron chi connectivity index (χ0n) is 23.5. The second-order valence-corrected chi connectivity index (χ2v) is 10.1. The normalized spacial score (nSPS) is 11.5. The van der Waals surface area contributed by atoms with Crippen molar-refractivity contribution in [2.45, 2.75) is 66.0 Å². The van der Waals surface area contributed by atoms with E-state index < -0.39 is 0 Å². The first kappa shape index (κ1) is 28.3. The van der Waals surface area contributed by atoms with Crippen LogP contribution in [0.25, 0.3) is 16.7 Å². The molecule has 0 radical (unpaired) electrons. The van der Waals surface area contributed by atoms with Gasteiger partial charge in [-0.15, -0.1) is 10.2 Å². The number of benzene rings is 2. The maximum Gasteiger partial charge on any atom is 0.262 e. The third-order valence-corrected chi connectivity index (χ3v) is 6.80. The highest BCUT2D eigenvalue weighted by molar-refractivity contribution is 5.80. The van der Waals surface area contributed by atoms with Crippen LogP contribution in [0.3, 0.4) is 0 Å². The van der Waals surface area contributed by atoms with Crippen molar-refractivity contribution in [2.24, 2.45) is 0 Å². The summed E-state index contributed by atoms with van der Waals surface area (Å²) in [5.41, 5.74) is 3.11. The zero-order valence-corrected chi connectivity index (χ0v) is 23.5. The van der Waals surface area contributed by atoms with Crippen molar-refractivity contribution in [1.29, 1.82) is 0 Å². The predicted molar refractivity (Wildman–Crippen MR) is 155 cm³/mol. The Balaban J connectivity index is 1.39. The van der Waals surface area contributed by atoms with Gasteiger partial charge in [-0.1, -0.05) is 24.3 Å². The molecule has 1 N–H and O–H groups in total. The number of para-hydroxylation sites is 1. The summed E-state index contributed by atoms with van der Waals surface area (Å²) in [5.74, 6) is 1.14. The number of fused-ring (bicyclic) bond motifs is 3. The van der Waals surface area contributed by atoms with Gasteiger partial charge >= 0.3 is 0 Å². The molecule has 208 valence electrons. The Hall–Kier alpha value is -3.72. The van der Waals surface area contributed by atoms with E-state index in [2.05, 4.69) is 58.5 Å². The number of ether oxygens (including phenoxy) is 1. The van der Waals surface area contributed by atoms with E-state index in [9.17, 15) is 9.59 Å². The molecule has 0 atom stereocenters. The number of hydrogen-bond donors (Lipinski definition) is 1. The lowest BCUT2D eigenvalue weighted by Gasteiger charge is -2.23. The molecular weight excluding hydrogens is 492 g/mol. The molecular formula is C30H40N6O3. The highest BCUT2D eigenvalue weighted by Crippen LogP contribution is 2.17. The number of aryl methyl sites for hydroxylation is 3. The second kappa shape index (κ2) is 13.4. The predicted octanol–water partition coefficient (Wildman–Crippen LogP) is 4.13. The van der Waals surface area contributed by atoms with Gasteiger partial charge in [0, 0.05) is 51.3 Å². The highest BCUT2D eigenvalue weighted by atomic mass is 16.5. The van der Waals surface area contributed by atoms with Gasteiger partial charge in [0.25, 0.3) is 5.56 Å². The van der Waals surface area contributed by atoms with E-state index in [1.807, 2.05) is 42.5 Å². The molecule has 0 unspecified atom stereocenters. The fraction of sp³-hybridized carbons (Fsp3) is 0.467. The molecule has 0 fully saturated rings. The van der Waals surface area contributed by atoms with Crippen LogP contribution in [-0.4, -0.2) is 57.4 Å². The summed E-state index contributed by atoms with van der Waals surface area (Å²) in [6.45, 7) is 11.7. The summed E-state index contributed by atoms with van der Waals surface area (Å²) in [6.07, 6.45) is 2.42. The minimum absolute atomic E-state index is 0.0196. The number of aromatic nitrogens is 4. The lowest BCUT2D eigenvalue weighted by molar-refractivity contribution is -0.121. The number of carbonyl (C=O) groups excluding carboxylic acids is 1. The van der Waals surface area contributed by atoms with Crippen LogP contribution in [0, 0.1) is 6.92 Å². The van der Waals surface area contributed by atoms with Crippen LogP contribution in [0.1, 0.15) is 51.4 Å². The molecule has 1 amide bonds. The lowest BCUT2D eigenvalue weighted by atomic mass is 10.2. The fourth-order valence-electron chi connectivity index (χ4n) is 4.83. The monoisotopic (exact) mass is 532 g/mol. The van der Waals surface area contributed by atoms with E-state index in [0.717, 1.165) is 25.0 Å². The van der Waals surface area contributed by atoms with Crippen LogP contribution in [-0.2, 0) is 22.5 Å². The number of amides is 1. The van der Waals surface area contributed by atoms with E-state index >= 15 is 0 Å². The quantitative estimate of drug-likeness (QED) is 0.246. The molecule has 9 nitrogen and oxygen atoms in total. The Bertz CT molecular complexity index is 1460. The first-order valence-corrected chi connectivity index (χ1v) is 13.9. The molecule has 0 aliphatic rings. The first-order valence-electron chi connectivity index (χ1n) is 13.9. The third-order valence-electron chi connectivity index (χ3n) is 6.80. The van der Waals surface area contributed by atoms with Crippen molar-refractivity contribution in [1.82, 2.24) is 24.5 Å². The van der Waals surface area contributed by atoms with Crippen LogP contribution in [0.4, 0.5) is 5.69 Å². The minimum atomic E-state index is -0.0915. The summed E-state index contributed by atoms with van der Waals surface area (Å²) in [7, 11) is 0. The number of nitrogens with zero attached hydrogens (tertiary/aromatic N) is 5. The maximum atomic E-state index is 13.2. The van der Waals surface area contributed by atoms with Crippen molar-refractivity contribution in [3.05, 3.63) is 70.3 Å². The maximum absolute atomic E-state index is 13.2. The van der Waals surface area contributed by atoms with Gasteiger partial charge in [-0.25, -0.2) is 0 Å². The van der Waals surface area contributed by atoms with Crippen LogP contribution in [0.15, 0.2) is 53.3 Å². The van der Waals surface area contributed by atoms with Gasteiger partial charge in [-0.05, 0) is 70.4 Å². The van der Waals surface area contributed by atoms with Gasteiger partial charge in [0.05, 0.1) is 17.0 Å². The molecule has 0 saturated heterocycles. The van der Waals surface area contributed by atoms with E-state index in [4.69, 9.17) is 4.74 Å².